The molecule has 0 amide bonds. The second-order valence-electron chi connectivity index (χ2n) is 7.21. The molecule has 0 bridgehead atoms. The van der Waals surface area contributed by atoms with E-state index in [9.17, 15) is 10.2 Å². The van der Waals surface area contributed by atoms with Gasteiger partial charge in [-0.3, -0.25) is 9.98 Å². The van der Waals surface area contributed by atoms with Gasteiger partial charge in [-0.1, -0.05) is 30.3 Å². The second kappa shape index (κ2) is 9.09. The van der Waals surface area contributed by atoms with Gasteiger partial charge in [0.15, 0.2) is 0 Å². The smallest absolute Gasteiger partial charge is 0.243 e. The molecule has 1 aromatic heterocycles. The number of aromatic nitrogens is 2. The van der Waals surface area contributed by atoms with Crippen molar-refractivity contribution in [2.75, 3.05) is 0 Å². The van der Waals surface area contributed by atoms with Crippen LogP contribution in [0.25, 0.3) is 0 Å². The molecule has 0 atom stereocenters. The highest BCUT2D eigenvalue weighted by Crippen LogP contribution is 2.30. The Morgan fingerprint density at radius 3 is 2.03 bits per heavy atom. The van der Waals surface area contributed by atoms with Gasteiger partial charge in [0.1, 0.15) is 30.4 Å². The highest BCUT2D eigenvalue weighted by atomic mass is 16.3. The predicted octanol–water partition coefficient (Wildman–Crippen LogP) is 4.27. The van der Waals surface area contributed by atoms with Gasteiger partial charge in [-0.25, -0.2) is 9.13 Å². The number of phenols is 2. The number of imidazole rings is 1. The summed E-state index contributed by atoms with van der Waals surface area (Å²) >= 11 is 0. The Labute approximate surface area is 180 Å². The SMILES string of the molecule is C[n+]1ccn(Cc2ccc(N=Cc3ccccc3O)c(N=Cc3ccccc3O)c2)c1. The van der Waals surface area contributed by atoms with Gasteiger partial charge in [0.05, 0.1) is 18.4 Å². The van der Waals surface area contributed by atoms with E-state index in [0.29, 0.717) is 29.0 Å². The van der Waals surface area contributed by atoms with Crippen molar-refractivity contribution in [1.82, 2.24) is 4.57 Å². The van der Waals surface area contributed by atoms with Crippen molar-refractivity contribution in [2.24, 2.45) is 17.0 Å². The average molecular weight is 411 g/mol. The molecule has 0 aliphatic carbocycles. The molecule has 0 radical (unpaired) electrons. The fraction of sp³-hybridized carbons (Fsp3) is 0.0800. The van der Waals surface area contributed by atoms with Crippen LogP contribution in [-0.4, -0.2) is 27.2 Å². The van der Waals surface area contributed by atoms with Crippen molar-refractivity contribution in [3.8, 4) is 11.5 Å². The summed E-state index contributed by atoms with van der Waals surface area (Å²) in [5.41, 5.74) is 3.66. The molecule has 0 saturated carbocycles. The van der Waals surface area contributed by atoms with Gasteiger partial charge >= 0.3 is 0 Å². The van der Waals surface area contributed by atoms with Crippen LogP contribution in [0.1, 0.15) is 16.7 Å². The third-order valence-electron chi connectivity index (χ3n) is 4.79. The van der Waals surface area contributed by atoms with E-state index in [-0.39, 0.29) is 11.5 Å². The quantitative estimate of drug-likeness (QED) is 0.367. The maximum absolute atomic E-state index is 10.0. The maximum Gasteiger partial charge on any atom is 0.243 e. The van der Waals surface area contributed by atoms with Gasteiger partial charge in [-0.15, -0.1) is 0 Å². The normalized spacial score (nSPS) is 11.5. The van der Waals surface area contributed by atoms with Crippen LogP contribution < -0.4 is 4.57 Å². The van der Waals surface area contributed by atoms with Crippen LogP contribution in [0.5, 0.6) is 11.5 Å². The number of aryl methyl sites for hydroxylation is 1. The molecule has 0 aliphatic heterocycles. The minimum Gasteiger partial charge on any atom is -0.507 e. The first kappa shape index (κ1) is 20.1. The van der Waals surface area contributed by atoms with E-state index in [1.807, 2.05) is 60.7 Å². The summed E-state index contributed by atoms with van der Waals surface area (Å²) in [6.07, 6.45) is 9.25. The lowest BCUT2D eigenvalue weighted by Crippen LogP contribution is -2.23. The summed E-state index contributed by atoms with van der Waals surface area (Å²) in [6.45, 7) is 0.698. The Morgan fingerprint density at radius 2 is 1.45 bits per heavy atom. The molecule has 154 valence electrons. The lowest BCUT2D eigenvalue weighted by atomic mass is 10.1. The van der Waals surface area contributed by atoms with Gasteiger partial charge < -0.3 is 10.2 Å². The Morgan fingerprint density at radius 1 is 0.839 bits per heavy atom. The Balaban J connectivity index is 1.69. The third-order valence-corrected chi connectivity index (χ3v) is 4.79. The molecule has 0 aliphatic rings. The minimum absolute atomic E-state index is 0.168. The van der Waals surface area contributed by atoms with Crippen LogP contribution >= 0.6 is 0 Å². The highest BCUT2D eigenvalue weighted by Gasteiger charge is 2.07. The fourth-order valence-electron chi connectivity index (χ4n) is 3.16. The highest BCUT2D eigenvalue weighted by molar-refractivity contribution is 5.89. The summed E-state index contributed by atoms with van der Waals surface area (Å²) in [5.74, 6) is 0.337. The number of hydrogen-bond acceptors (Lipinski definition) is 4. The van der Waals surface area contributed by atoms with E-state index in [4.69, 9.17) is 0 Å². The van der Waals surface area contributed by atoms with Crippen molar-refractivity contribution in [3.63, 3.8) is 0 Å². The molecule has 6 heteroatoms. The molecule has 3 aromatic carbocycles. The molecule has 1 heterocycles. The van der Waals surface area contributed by atoms with Crippen LogP contribution in [0.4, 0.5) is 11.4 Å². The number of benzene rings is 3. The molecule has 31 heavy (non-hydrogen) atoms. The summed E-state index contributed by atoms with van der Waals surface area (Å²) < 4.78 is 4.07. The standard InChI is InChI=1S/C25H22N4O2/c1-28-12-13-29(18-28)17-19-10-11-22(26-15-20-6-2-4-8-24(20)30)23(14-19)27-16-21-7-3-5-9-25(21)31/h2-16,18H,17H2,1H3,(H-,26,27,30,31)/p+1. The van der Waals surface area contributed by atoms with E-state index >= 15 is 0 Å². The van der Waals surface area contributed by atoms with Crippen LogP contribution in [0, 0.1) is 0 Å². The molecule has 0 fully saturated rings. The molecule has 0 unspecified atom stereocenters. The molecular weight excluding hydrogens is 388 g/mol. The zero-order valence-electron chi connectivity index (χ0n) is 17.1. The molecule has 4 aromatic rings. The van der Waals surface area contributed by atoms with E-state index in [2.05, 4.69) is 14.6 Å². The first-order valence-corrected chi connectivity index (χ1v) is 9.86. The molecule has 4 rings (SSSR count). The molecule has 6 nitrogen and oxygen atoms in total. The predicted molar refractivity (Wildman–Crippen MR) is 122 cm³/mol. The van der Waals surface area contributed by atoms with E-state index in [1.54, 1.807) is 48.8 Å². The zero-order valence-corrected chi connectivity index (χ0v) is 17.1. The maximum atomic E-state index is 10.0. The molecule has 0 saturated heterocycles. The van der Waals surface area contributed by atoms with E-state index in [1.165, 1.54) is 0 Å². The lowest BCUT2D eigenvalue weighted by molar-refractivity contribution is -0.671. The average Bonchev–Trinajstić information content (AvgIpc) is 3.18. The number of phenolic OH excluding ortho intramolecular Hbond substituents is 2. The number of rotatable bonds is 6. The lowest BCUT2D eigenvalue weighted by Gasteiger charge is -2.05. The van der Waals surface area contributed by atoms with Crippen molar-refractivity contribution >= 4 is 23.8 Å². The largest absolute Gasteiger partial charge is 0.507 e. The van der Waals surface area contributed by atoms with Gasteiger partial charge in [0.25, 0.3) is 0 Å². The fourth-order valence-corrected chi connectivity index (χ4v) is 3.16. The first-order chi connectivity index (χ1) is 15.1. The summed E-state index contributed by atoms with van der Waals surface area (Å²) in [4.78, 5) is 9.16. The number of aliphatic imine (C=N–C) groups is 2. The summed E-state index contributed by atoms with van der Waals surface area (Å²) in [5, 5.41) is 20.0. The van der Waals surface area contributed by atoms with Gasteiger partial charge in [0.2, 0.25) is 6.33 Å². The van der Waals surface area contributed by atoms with E-state index in [0.717, 1.165) is 5.56 Å². The van der Waals surface area contributed by atoms with Crippen LogP contribution in [-0.2, 0) is 13.6 Å². The number of para-hydroxylation sites is 2. The number of nitrogens with zero attached hydrogens (tertiary/aromatic N) is 4. The van der Waals surface area contributed by atoms with Gasteiger partial charge in [-0.05, 0) is 42.0 Å². The van der Waals surface area contributed by atoms with Crippen LogP contribution in [0.2, 0.25) is 0 Å². The van der Waals surface area contributed by atoms with Crippen molar-refractivity contribution in [3.05, 3.63) is 102 Å². The monoisotopic (exact) mass is 411 g/mol. The van der Waals surface area contributed by atoms with Crippen molar-refractivity contribution in [1.29, 1.82) is 0 Å². The number of aromatic hydroxyl groups is 2. The van der Waals surface area contributed by atoms with Crippen molar-refractivity contribution in [2.45, 2.75) is 6.54 Å². The molecule has 2 N–H and O–H groups in total. The van der Waals surface area contributed by atoms with E-state index < -0.39 is 0 Å². The summed E-state index contributed by atoms with van der Waals surface area (Å²) in [7, 11) is 1.98. The topological polar surface area (TPSA) is 74.0 Å². The Bertz CT molecular complexity index is 1260. The molecular formula is C25H23N4O2+. The van der Waals surface area contributed by atoms with Crippen molar-refractivity contribution < 1.29 is 14.8 Å². The molecule has 0 spiro atoms. The van der Waals surface area contributed by atoms with Crippen LogP contribution in [0.3, 0.4) is 0 Å². The summed E-state index contributed by atoms with van der Waals surface area (Å²) in [6, 6.07) is 20.0. The van der Waals surface area contributed by atoms with Crippen LogP contribution in [0.15, 0.2) is 95.4 Å². The Hall–Kier alpha value is -4.19. The Kier molecular flexibility index (Phi) is 5.89. The number of hydrogen-bond donors (Lipinski definition) is 2. The van der Waals surface area contributed by atoms with Gasteiger partial charge in [-0.2, -0.15) is 0 Å². The minimum atomic E-state index is 0.168. The van der Waals surface area contributed by atoms with Gasteiger partial charge in [0, 0.05) is 23.6 Å². The third kappa shape index (κ3) is 5.05. The first-order valence-electron chi connectivity index (χ1n) is 9.86. The second-order valence-corrected chi connectivity index (χ2v) is 7.21. The zero-order chi connectivity index (χ0) is 21.6.